The molecule has 1 saturated carbocycles. The third-order valence-corrected chi connectivity index (χ3v) is 9.05. The highest BCUT2D eigenvalue weighted by atomic mass is 32.1. The average Bonchev–Trinajstić information content (AvgIpc) is 3.41. The molecule has 2 N–H and O–H groups in total. The molecule has 1 aromatic heterocycles. The van der Waals surface area contributed by atoms with Crippen molar-refractivity contribution in [3.63, 3.8) is 0 Å². The van der Waals surface area contributed by atoms with E-state index in [0.29, 0.717) is 41.8 Å². The highest BCUT2D eigenvalue weighted by molar-refractivity contribution is 7.11. The van der Waals surface area contributed by atoms with Gasteiger partial charge in [0.2, 0.25) is 5.91 Å². The van der Waals surface area contributed by atoms with E-state index in [2.05, 4.69) is 29.7 Å². The van der Waals surface area contributed by atoms with E-state index in [9.17, 15) is 31.1 Å². The molecule has 5 rings (SSSR count). The Hall–Kier alpha value is -2.85. The van der Waals surface area contributed by atoms with Gasteiger partial charge in [-0.2, -0.15) is 26.3 Å². The average molecular weight is 581 g/mol. The van der Waals surface area contributed by atoms with Gasteiger partial charge in [0.25, 0.3) is 0 Å². The molecule has 0 spiro atoms. The minimum atomic E-state index is -4.82. The molecular weight excluding hydrogens is 550 g/mol. The second-order valence-electron chi connectivity index (χ2n) is 10.8. The number of thiophene rings is 1. The Morgan fingerprint density at radius 3 is 2.27 bits per heavy atom. The lowest BCUT2D eigenvalue weighted by molar-refractivity contribution is -0.141. The molecule has 40 heavy (non-hydrogen) atoms. The van der Waals surface area contributed by atoms with Crippen LogP contribution in [0.5, 0.6) is 0 Å². The fraction of sp³-hybridized carbons (Fsp3) is 0.433. The smallest absolute Gasteiger partial charge is 0.326 e. The van der Waals surface area contributed by atoms with E-state index in [-0.39, 0.29) is 6.42 Å². The molecule has 214 valence electrons. The van der Waals surface area contributed by atoms with E-state index in [1.807, 2.05) is 12.1 Å². The second kappa shape index (κ2) is 11.2. The summed E-state index contributed by atoms with van der Waals surface area (Å²) < 4.78 is 79.4. The van der Waals surface area contributed by atoms with Gasteiger partial charge in [-0.15, -0.1) is 11.3 Å². The first-order valence-electron chi connectivity index (χ1n) is 13.3. The van der Waals surface area contributed by atoms with Crippen molar-refractivity contribution < 1.29 is 31.1 Å². The van der Waals surface area contributed by atoms with Crippen molar-refractivity contribution in [3.05, 3.63) is 86.1 Å². The maximum absolute atomic E-state index is 13.4. The molecule has 0 aliphatic heterocycles. The van der Waals surface area contributed by atoms with Crippen molar-refractivity contribution in [1.29, 1.82) is 0 Å². The van der Waals surface area contributed by atoms with Crippen LogP contribution < -0.4 is 10.6 Å². The Morgan fingerprint density at radius 1 is 0.900 bits per heavy atom. The van der Waals surface area contributed by atoms with Crippen LogP contribution in [0, 0.1) is 18.8 Å². The predicted molar refractivity (Wildman–Crippen MR) is 143 cm³/mol. The summed E-state index contributed by atoms with van der Waals surface area (Å²) in [7, 11) is 0. The van der Waals surface area contributed by atoms with Crippen molar-refractivity contribution in [2.45, 2.75) is 70.4 Å². The first-order chi connectivity index (χ1) is 18.9. The summed E-state index contributed by atoms with van der Waals surface area (Å²) in [6.45, 7) is 2.94. The number of carbonyl (C=O) groups excluding carboxylic acids is 1. The van der Waals surface area contributed by atoms with E-state index in [0.717, 1.165) is 31.4 Å². The van der Waals surface area contributed by atoms with E-state index >= 15 is 0 Å². The topological polar surface area (TPSA) is 41.1 Å². The SMILES string of the molecule is Cc1ccc(CN[C@H]2[C@@H]3CC[C@H]2Cc2ccc(NC(=O)CCc4cc(C(F)(F)F)ccc4C(F)(F)F)cc2C3)s1. The minimum Gasteiger partial charge on any atom is -0.326 e. The van der Waals surface area contributed by atoms with Crippen LogP contribution in [0.4, 0.5) is 32.0 Å². The van der Waals surface area contributed by atoms with Crippen LogP contribution in [0.15, 0.2) is 48.5 Å². The molecule has 0 radical (unpaired) electrons. The predicted octanol–water partition coefficient (Wildman–Crippen LogP) is 7.95. The lowest BCUT2D eigenvalue weighted by atomic mass is 9.93. The monoisotopic (exact) mass is 580 g/mol. The number of benzene rings is 2. The number of alkyl halides is 6. The van der Waals surface area contributed by atoms with E-state index in [1.165, 1.54) is 21.7 Å². The quantitative estimate of drug-likeness (QED) is 0.279. The fourth-order valence-electron chi connectivity index (χ4n) is 6.15. The molecule has 3 nitrogen and oxygen atoms in total. The molecule has 2 aliphatic carbocycles. The normalized spacial score (nSPS) is 20.7. The van der Waals surface area contributed by atoms with Crippen LogP contribution in [0.2, 0.25) is 0 Å². The Bertz CT molecular complexity index is 1380. The zero-order valence-electron chi connectivity index (χ0n) is 21.9. The van der Waals surface area contributed by atoms with Gasteiger partial charge in [0.05, 0.1) is 11.1 Å². The fourth-order valence-corrected chi connectivity index (χ4v) is 6.99. The Labute approximate surface area is 233 Å². The third-order valence-electron chi connectivity index (χ3n) is 8.05. The first-order valence-corrected chi connectivity index (χ1v) is 14.2. The lowest BCUT2D eigenvalue weighted by Crippen LogP contribution is -2.37. The number of amides is 1. The largest absolute Gasteiger partial charge is 0.416 e. The Kier molecular flexibility index (Phi) is 8.03. The second-order valence-corrected chi connectivity index (χ2v) is 12.2. The molecule has 0 unspecified atom stereocenters. The maximum Gasteiger partial charge on any atom is 0.416 e. The summed E-state index contributed by atoms with van der Waals surface area (Å²) in [5.74, 6) is 0.453. The molecule has 3 atom stereocenters. The van der Waals surface area contributed by atoms with E-state index in [4.69, 9.17) is 0 Å². The van der Waals surface area contributed by atoms with Crippen LogP contribution in [0.3, 0.4) is 0 Å². The zero-order chi connectivity index (χ0) is 28.7. The first kappa shape index (κ1) is 28.7. The molecule has 2 aliphatic rings. The number of aryl methyl sites for hydroxylation is 2. The highest BCUT2D eigenvalue weighted by Crippen LogP contribution is 2.41. The van der Waals surface area contributed by atoms with Crippen LogP contribution >= 0.6 is 11.3 Å². The van der Waals surface area contributed by atoms with Crippen LogP contribution in [0.1, 0.15) is 56.8 Å². The number of hydrogen-bond acceptors (Lipinski definition) is 3. The summed E-state index contributed by atoms with van der Waals surface area (Å²) in [5.41, 5.74) is 0.0515. The van der Waals surface area contributed by atoms with Crippen molar-refractivity contribution in [1.82, 2.24) is 5.32 Å². The Morgan fingerprint density at radius 2 is 1.62 bits per heavy atom. The van der Waals surface area contributed by atoms with Gasteiger partial charge in [0.1, 0.15) is 0 Å². The highest BCUT2D eigenvalue weighted by Gasteiger charge is 2.39. The molecule has 0 saturated heterocycles. The van der Waals surface area contributed by atoms with Crippen molar-refractivity contribution in [2.75, 3.05) is 5.32 Å². The van der Waals surface area contributed by atoms with Crippen molar-refractivity contribution in [2.24, 2.45) is 11.8 Å². The summed E-state index contributed by atoms with van der Waals surface area (Å²) in [4.78, 5) is 15.2. The van der Waals surface area contributed by atoms with Crippen LogP contribution in [-0.2, 0) is 43.0 Å². The van der Waals surface area contributed by atoms with Gasteiger partial charge in [-0.1, -0.05) is 6.07 Å². The van der Waals surface area contributed by atoms with E-state index < -0.39 is 41.4 Å². The van der Waals surface area contributed by atoms with Gasteiger partial charge in [0, 0.05) is 34.4 Å². The maximum atomic E-state index is 13.4. The van der Waals surface area contributed by atoms with Gasteiger partial charge in [-0.25, -0.2) is 0 Å². The molecule has 2 bridgehead atoms. The number of halogens is 6. The summed E-state index contributed by atoms with van der Waals surface area (Å²) in [6.07, 6.45) is -6.33. The number of rotatable bonds is 7. The lowest BCUT2D eigenvalue weighted by Gasteiger charge is -2.23. The van der Waals surface area contributed by atoms with Crippen LogP contribution in [-0.4, -0.2) is 11.9 Å². The number of anilines is 1. The molecule has 2 aromatic carbocycles. The zero-order valence-corrected chi connectivity index (χ0v) is 22.7. The summed E-state index contributed by atoms with van der Waals surface area (Å²) in [6, 6.07) is 11.7. The molecule has 1 heterocycles. The molecule has 10 heteroatoms. The standard InChI is InChI=1S/C30H30F6N2OS/c1-17-2-9-25(40-17)16-37-28-20-3-4-21(28)13-22-15-24(8-5-18(22)12-20)38-27(39)11-6-19-14-23(29(31,32)33)7-10-26(19)30(34,35)36/h2,5,7-10,14-15,20-21,28,37H,3-4,6,11-13,16H2,1H3,(H,38,39)/t20-,21+,28+/m0/s1. The van der Waals surface area contributed by atoms with Gasteiger partial charge in [0.15, 0.2) is 0 Å². The van der Waals surface area contributed by atoms with E-state index in [1.54, 1.807) is 17.4 Å². The number of fused-ring (bicyclic) bond motifs is 3. The molecular formula is C30H30F6N2OS. The number of carbonyl (C=O) groups is 1. The van der Waals surface area contributed by atoms with Crippen molar-refractivity contribution in [3.8, 4) is 0 Å². The van der Waals surface area contributed by atoms with Gasteiger partial charge in [-0.05, 0) is 110 Å². The van der Waals surface area contributed by atoms with Crippen LogP contribution in [0.25, 0.3) is 0 Å². The number of hydrogen-bond donors (Lipinski definition) is 2. The molecule has 3 aromatic rings. The minimum absolute atomic E-state index is 0.375. The molecule has 1 amide bonds. The summed E-state index contributed by atoms with van der Waals surface area (Å²) in [5, 5.41) is 6.52. The van der Waals surface area contributed by atoms with Crippen molar-refractivity contribution >= 4 is 22.9 Å². The third kappa shape index (κ3) is 6.54. The van der Waals surface area contributed by atoms with Gasteiger partial charge >= 0.3 is 12.4 Å². The van der Waals surface area contributed by atoms with Gasteiger partial charge < -0.3 is 10.6 Å². The summed E-state index contributed by atoms with van der Waals surface area (Å²) >= 11 is 1.80. The Balaban J connectivity index is 1.23. The number of nitrogens with one attached hydrogen (secondary N) is 2. The molecule has 1 fully saturated rings. The van der Waals surface area contributed by atoms with Gasteiger partial charge in [-0.3, -0.25) is 4.79 Å².